The van der Waals surface area contributed by atoms with Crippen LogP contribution in [0.3, 0.4) is 0 Å². The molecule has 4 fully saturated rings. The maximum Gasteiger partial charge on any atom is 0.355 e. The molecule has 5 atom stereocenters. The lowest BCUT2D eigenvalue weighted by Gasteiger charge is -2.82. The number of aryl methyl sites for hydroxylation is 1. The Morgan fingerprint density at radius 3 is 2.47 bits per heavy atom. The Morgan fingerprint density at radius 2 is 1.74 bits per heavy atom. The van der Waals surface area contributed by atoms with Gasteiger partial charge < -0.3 is 25.0 Å². The number of ether oxygens (including phenoxy) is 1. The largest absolute Gasteiger partial charge is 0.476 e. The van der Waals surface area contributed by atoms with Gasteiger partial charge in [0.25, 0.3) is 10.1 Å². The van der Waals surface area contributed by atoms with Crippen molar-refractivity contribution in [2.45, 2.75) is 71.9 Å². The predicted octanol–water partition coefficient (Wildman–Crippen LogP) is 6.74. The molecule has 4 aliphatic rings. The zero-order valence-electron chi connectivity index (χ0n) is 33.6. The molecule has 4 aliphatic carbocycles. The molecule has 5 unspecified atom stereocenters. The second kappa shape index (κ2) is 13.2. The molecule has 3 N–H and O–H groups in total. The van der Waals surface area contributed by atoms with Crippen molar-refractivity contribution in [2.24, 2.45) is 21.7 Å². The second-order valence-corrected chi connectivity index (χ2v) is 20.5. The fraction of sp³-hybridized carbons (Fsp3) is 0.512. The molecule has 4 heterocycles. The van der Waals surface area contributed by atoms with Crippen LogP contribution in [0, 0.1) is 35.5 Å². The Labute approximate surface area is 341 Å². The standard InChI is InChI=1S/C41H49N9O6S2/c1-25-17-32(46-47-34(25)45-36-43-29-9-7-8-10-30(29)57-36)49(6)31-12-11-27(33(44-31)35(51)52)28-18-42-50(26(28)2)24-39-20-37(3)19-38(4)21-40(22-39,41(37,38)23-39)56-15-13-48(5)14-16-58(53,54)55/h7-12,17-18H,13-16,19-24H2,1-6H3,(H,51,52)(H,43,45,47)(H,53,54,55). The van der Waals surface area contributed by atoms with Gasteiger partial charge in [-0.3, -0.25) is 9.23 Å². The summed E-state index contributed by atoms with van der Waals surface area (Å²) in [5.41, 5.74) is 4.02. The maximum atomic E-state index is 12.8. The van der Waals surface area contributed by atoms with Crippen molar-refractivity contribution in [3.05, 3.63) is 65.6 Å². The molecule has 0 radical (unpaired) electrons. The summed E-state index contributed by atoms with van der Waals surface area (Å²) in [6.45, 7) is 10.8. The summed E-state index contributed by atoms with van der Waals surface area (Å²) in [4.78, 5) is 25.6. The number of nitrogens with zero attached hydrogens (tertiary/aromatic N) is 8. The highest BCUT2D eigenvalue weighted by Gasteiger charge is 2.93. The molecular weight excluding hydrogens is 779 g/mol. The van der Waals surface area contributed by atoms with E-state index in [0.717, 1.165) is 57.9 Å². The normalized spacial score (nSPS) is 28.1. The molecule has 0 amide bonds. The number of nitrogens with one attached hydrogen (secondary N) is 1. The molecule has 0 saturated heterocycles. The smallest absolute Gasteiger partial charge is 0.355 e. The number of carboxylic acid groups (broad SMARTS) is 1. The zero-order chi connectivity index (χ0) is 41.0. The molecule has 4 aromatic heterocycles. The van der Waals surface area contributed by atoms with Gasteiger partial charge in [-0.2, -0.15) is 13.5 Å². The number of para-hydroxylation sites is 1. The first-order valence-electron chi connectivity index (χ1n) is 19.6. The minimum atomic E-state index is -4.02. The van der Waals surface area contributed by atoms with Crippen molar-refractivity contribution in [1.82, 2.24) is 34.8 Å². The van der Waals surface area contributed by atoms with E-state index >= 15 is 0 Å². The minimum absolute atomic E-state index is 0.0208. The number of likely N-dealkylation sites (N-methyl/N-ethyl adjacent to an activating group) is 1. The summed E-state index contributed by atoms with van der Waals surface area (Å²) in [6.07, 6.45) is 7.03. The monoisotopic (exact) mass is 827 g/mol. The number of aromatic nitrogens is 6. The van der Waals surface area contributed by atoms with E-state index in [1.165, 1.54) is 17.8 Å². The third kappa shape index (κ3) is 5.94. The van der Waals surface area contributed by atoms with Crippen LogP contribution in [0.4, 0.5) is 22.6 Å². The summed E-state index contributed by atoms with van der Waals surface area (Å²) in [5.74, 6) is 0.0707. The lowest BCUT2D eigenvalue weighted by Crippen LogP contribution is -2.81. The van der Waals surface area contributed by atoms with Crippen LogP contribution in [0.5, 0.6) is 0 Å². The summed E-state index contributed by atoms with van der Waals surface area (Å²) in [5, 5.41) is 28.2. The summed E-state index contributed by atoms with van der Waals surface area (Å²) >= 11 is 1.54. The zero-order valence-corrected chi connectivity index (χ0v) is 35.2. The number of hydrogen-bond donors (Lipinski definition) is 3. The van der Waals surface area contributed by atoms with Crippen molar-refractivity contribution in [2.75, 3.05) is 49.8 Å². The van der Waals surface area contributed by atoms with E-state index in [4.69, 9.17) is 9.84 Å². The van der Waals surface area contributed by atoms with E-state index in [1.807, 2.05) is 60.8 Å². The fourth-order valence-electron chi connectivity index (χ4n) is 12.3. The van der Waals surface area contributed by atoms with Crippen molar-refractivity contribution in [3.8, 4) is 11.1 Å². The Morgan fingerprint density at radius 1 is 0.966 bits per heavy atom. The van der Waals surface area contributed by atoms with Crippen LogP contribution < -0.4 is 10.2 Å². The Bertz CT molecular complexity index is 2570. The Hall–Kier alpha value is -4.55. The van der Waals surface area contributed by atoms with Crippen molar-refractivity contribution in [1.29, 1.82) is 0 Å². The summed E-state index contributed by atoms with van der Waals surface area (Å²) in [6, 6.07) is 13.4. The third-order valence-electron chi connectivity index (χ3n) is 14.1. The first kappa shape index (κ1) is 38.9. The van der Waals surface area contributed by atoms with Gasteiger partial charge in [0.1, 0.15) is 5.82 Å². The molecule has 0 aliphatic heterocycles. The van der Waals surface area contributed by atoms with Gasteiger partial charge in [-0.1, -0.05) is 37.3 Å². The van der Waals surface area contributed by atoms with Gasteiger partial charge in [-0.05, 0) is 105 Å². The molecule has 1 spiro atoms. The van der Waals surface area contributed by atoms with E-state index in [0.29, 0.717) is 42.7 Å². The number of benzene rings is 1. The van der Waals surface area contributed by atoms with E-state index in [-0.39, 0.29) is 45.3 Å². The molecular formula is C41H49N9O6S2. The highest BCUT2D eigenvalue weighted by Crippen LogP contribution is 2.95. The SMILES string of the molecule is Cc1cc(N(C)c2ccc(-c3cnn(CC45CC6(C)CC7(C)CC(OCCN(C)CCS(=O)(=O)O)(C4)C67C5)c3C)c(C(=O)O)n2)nnc1Nc1nc2ccccc2s1. The average molecular weight is 828 g/mol. The third-order valence-corrected chi connectivity index (χ3v) is 15.7. The Balaban J connectivity index is 0.920. The van der Waals surface area contributed by atoms with E-state index in [1.54, 1.807) is 30.3 Å². The van der Waals surface area contributed by atoms with Gasteiger partial charge in [0.2, 0.25) is 0 Å². The molecule has 17 heteroatoms. The van der Waals surface area contributed by atoms with Crippen LogP contribution in [-0.4, -0.2) is 104 Å². The summed E-state index contributed by atoms with van der Waals surface area (Å²) in [7, 11) is -0.390. The number of fused-ring (bicyclic) bond motifs is 2. The van der Waals surface area contributed by atoms with Crippen LogP contribution in [0.1, 0.15) is 67.7 Å². The van der Waals surface area contributed by atoms with Gasteiger partial charge in [-0.15, -0.1) is 10.2 Å². The molecule has 58 heavy (non-hydrogen) atoms. The van der Waals surface area contributed by atoms with Crippen LogP contribution in [-0.2, 0) is 21.4 Å². The van der Waals surface area contributed by atoms with Gasteiger partial charge in [-0.25, -0.2) is 14.8 Å². The van der Waals surface area contributed by atoms with Gasteiger partial charge in [0.05, 0.1) is 34.4 Å². The van der Waals surface area contributed by atoms with Crippen molar-refractivity contribution < 1.29 is 27.6 Å². The number of thiazole rings is 1. The number of carboxylic acids is 1. The molecule has 5 aromatic rings. The van der Waals surface area contributed by atoms with Crippen LogP contribution in [0.2, 0.25) is 0 Å². The van der Waals surface area contributed by atoms with Crippen molar-refractivity contribution >= 4 is 60.2 Å². The number of rotatable bonds is 15. The fourth-order valence-corrected chi connectivity index (χ4v) is 13.7. The molecule has 2 bridgehead atoms. The van der Waals surface area contributed by atoms with E-state index in [2.05, 4.69) is 39.3 Å². The molecule has 15 nitrogen and oxygen atoms in total. The van der Waals surface area contributed by atoms with Crippen LogP contribution in [0.15, 0.2) is 48.7 Å². The topological polar surface area (TPSA) is 189 Å². The minimum Gasteiger partial charge on any atom is -0.476 e. The van der Waals surface area contributed by atoms with Gasteiger partial charge in [0, 0.05) is 48.9 Å². The van der Waals surface area contributed by atoms with Crippen LogP contribution in [0.25, 0.3) is 21.3 Å². The lowest BCUT2D eigenvalue weighted by atomic mass is 9.24. The van der Waals surface area contributed by atoms with Crippen molar-refractivity contribution in [3.63, 3.8) is 0 Å². The molecule has 9 rings (SSSR count). The van der Waals surface area contributed by atoms with Crippen LogP contribution >= 0.6 is 11.3 Å². The number of aromatic carboxylic acids is 1. The maximum absolute atomic E-state index is 12.8. The number of carbonyl (C=O) groups is 1. The quantitative estimate of drug-likeness (QED) is 0.0942. The number of pyridine rings is 1. The number of anilines is 4. The highest BCUT2D eigenvalue weighted by molar-refractivity contribution is 7.85. The highest BCUT2D eigenvalue weighted by atomic mass is 32.2. The number of hydrogen-bond acceptors (Lipinski definition) is 13. The first-order chi connectivity index (χ1) is 27.4. The molecule has 1 aromatic carbocycles. The predicted molar refractivity (Wildman–Crippen MR) is 222 cm³/mol. The summed E-state index contributed by atoms with van der Waals surface area (Å²) < 4.78 is 41.7. The first-order valence-corrected chi connectivity index (χ1v) is 22.1. The molecule has 4 saturated carbocycles. The molecule has 306 valence electrons. The van der Waals surface area contributed by atoms with E-state index < -0.39 is 16.1 Å². The second-order valence-electron chi connectivity index (χ2n) is 17.9. The average Bonchev–Trinajstić information content (AvgIpc) is 3.87. The van der Waals surface area contributed by atoms with E-state index in [9.17, 15) is 22.9 Å². The Kier molecular flexibility index (Phi) is 8.88. The van der Waals surface area contributed by atoms with Gasteiger partial charge in [0.15, 0.2) is 22.5 Å². The van der Waals surface area contributed by atoms with Gasteiger partial charge >= 0.3 is 5.97 Å². The lowest BCUT2D eigenvalue weighted by molar-refractivity contribution is -0.388.